The van der Waals surface area contributed by atoms with Gasteiger partial charge in [-0.15, -0.1) is 0 Å². The predicted molar refractivity (Wildman–Crippen MR) is 237 cm³/mol. The number of aryl methyl sites for hydroxylation is 1. The van der Waals surface area contributed by atoms with Crippen molar-refractivity contribution in [2.75, 3.05) is 50.4 Å². The molecule has 60 heavy (non-hydrogen) atoms. The van der Waals surface area contributed by atoms with Crippen LogP contribution in [0.15, 0.2) is 83.0 Å². The van der Waals surface area contributed by atoms with Crippen LogP contribution in [0.1, 0.15) is 108 Å². The number of nitro groups is 1. The average Bonchev–Trinajstić information content (AvgIpc) is 3.69. The fraction of sp³-hybridized carbons (Fsp3) is 0.562. The number of fused-ring (bicyclic) bond motifs is 1. The van der Waals surface area contributed by atoms with Crippen LogP contribution < -0.4 is 15.0 Å². The molecule has 1 aliphatic heterocycles. The number of allylic oxidation sites excluding steroid dienone is 1. The first-order chi connectivity index (χ1) is 28.8. The monoisotopic (exact) mass is 834 g/mol. The van der Waals surface area contributed by atoms with Crippen molar-refractivity contribution in [2.45, 2.75) is 114 Å². The third-order valence-corrected chi connectivity index (χ3v) is 16.7. The molecule has 12 heteroatoms. The molecule has 10 rings (SSSR count). The molecule has 4 aromatic rings. The number of nitrogens with zero attached hydrogens (tertiary/aromatic N) is 4. The maximum atomic E-state index is 14.2. The SMILES string of the molecule is CNC12CC(C3=C(CN4CCN(c5ccc(C(CS(=O)(=O)c6ccc(CCC7CCCCC7)c([N+](=O)[O-])c6)Oc6cnc7[nH]ccc7c6)cc5)CC4)CCC(C)(C)C3)(C1)C2. The molecule has 1 atom stereocenters. The Balaban J connectivity index is 0.895. The summed E-state index contributed by atoms with van der Waals surface area (Å²) in [5, 5.41) is 16.7. The second-order valence-electron chi connectivity index (χ2n) is 19.7. The van der Waals surface area contributed by atoms with Crippen LogP contribution in [0, 0.1) is 26.9 Å². The van der Waals surface area contributed by atoms with Crippen molar-refractivity contribution >= 4 is 32.2 Å². The van der Waals surface area contributed by atoms with Gasteiger partial charge in [-0.05, 0) is 111 Å². The number of sulfone groups is 1. The van der Waals surface area contributed by atoms with Crippen molar-refractivity contribution in [3.8, 4) is 5.75 Å². The summed E-state index contributed by atoms with van der Waals surface area (Å²) >= 11 is 0. The minimum atomic E-state index is -4.02. The Morgan fingerprint density at radius 2 is 1.75 bits per heavy atom. The van der Waals surface area contributed by atoms with E-state index in [9.17, 15) is 18.5 Å². The highest BCUT2D eigenvalue weighted by atomic mass is 32.2. The molecule has 0 radical (unpaired) electrons. The number of benzene rings is 2. The molecule has 0 spiro atoms. The largest absolute Gasteiger partial charge is 0.483 e. The Hall–Kier alpha value is -4.26. The lowest BCUT2D eigenvalue weighted by Crippen LogP contribution is -2.74. The molecule has 2 aromatic carbocycles. The van der Waals surface area contributed by atoms with Crippen LogP contribution in [0.3, 0.4) is 0 Å². The van der Waals surface area contributed by atoms with E-state index in [2.05, 4.69) is 58.1 Å². The number of ether oxygens (including phenoxy) is 1. The zero-order chi connectivity index (χ0) is 41.7. The average molecular weight is 835 g/mol. The Labute approximate surface area is 355 Å². The van der Waals surface area contributed by atoms with Crippen LogP contribution in [-0.2, 0) is 16.3 Å². The molecule has 0 amide bonds. The van der Waals surface area contributed by atoms with Crippen LogP contribution in [0.4, 0.5) is 11.4 Å². The molecule has 11 nitrogen and oxygen atoms in total. The van der Waals surface area contributed by atoms with E-state index in [0.29, 0.717) is 51.2 Å². The summed E-state index contributed by atoms with van der Waals surface area (Å²) in [6.45, 7) is 9.83. The molecular weight excluding hydrogens is 773 g/mol. The zero-order valence-electron chi connectivity index (χ0n) is 35.7. The number of hydrogen-bond acceptors (Lipinski definition) is 9. The molecule has 2 N–H and O–H groups in total. The van der Waals surface area contributed by atoms with E-state index in [-0.39, 0.29) is 16.3 Å². The number of anilines is 1. The summed E-state index contributed by atoms with van der Waals surface area (Å²) < 4.78 is 34.8. The van der Waals surface area contributed by atoms with Crippen molar-refractivity contribution < 1.29 is 18.1 Å². The topological polar surface area (TPSA) is 134 Å². The molecule has 5 fully saturated rings. The summed E-state index contributed by atoms with van der Waals surface area (Å²) in [4.78, 5) is 24.4. The minimum Gasteiger partial charge on any atom is -0.483 e. The van der Waals surface area contributed by atoms with Crippen LogP contribution in [0.5, 0.6) is 5.75 Å². The summed E-state index contributed by atoms with van der Waals surface area (Å²) in [7, 11) is -1.88. The van der Waals surface area contributed by atoms with Gasteiger partial charge in [0.15, 0.2) is 9.84 Å². The molecule has 320 valence electrons. The molecule has 6 aliphatic rings. The van der Waals surface area contributed by atoms with Crippen LogP contribution >= 0.6 is 0 Å². The molecule has 3 heterocycles. The summed E-state index contributed by atoms with van der Waals surface area (Å²) in [6.07, 6.45) is 17.6. The first-order valence-electron chi connectivity index (χ1n) is 22.4. The van der Waals surface area contributed by atoms with Gasteiger partial charge >= 0.3 is 0 Å². The normalized spacial score (nSPS) is 25.1. The standard InChI is InChI=1S/C48H62N6O5S/c1-46(2)19-17-38(42(27-46)47-31-48(32-47,33-47)49-3)29-52-21-23-53(24-22-52)39-14-11-36(12-15-39)44(59-40-25-37-18-20-50-45(37)51-28-40)30-60(57,58)41-16-13-35(43(26-41)54(55)56)10-9-34-7-5-4-6-8-34/h11-16,18,20,25-26,28,34,44,49H,4-10,17,19,21-24,27,29-33H2,1-3H3,(H,50,51). The molecule has 2 bridgehead atoms. The third kappa shape index (κ3) is 8.36. The van der Waals surface area contributed by atoms with E-state index in [1.54, 1.807) is 29.6 Å². The number of nitro benzene ring substituents is 1. The molecule has 1 saturated heterocycles. The van der Waals surface area contributed by atoms with Gasteiger partial charge < -0.3 is 19.9 Å². The second kappa shape index (κ2) is 16.2. The lowest BCUT2D eigenvalue weighted by Gasteiger charge is -2.73. The number of H-pyrrole nitrogens is 1. The van der Waals surface area contributed by atoms with Crippen LogP contribution in [0.25, 0.3) is 11.0 Å². The van der Waals surface area contributed by atoms with Gasteiger partial charge in [-0.1, -0.05) is 75.3 Å². The van der Waals surface area contributed by atoms with Crippen LogP contribution in [-0.4, -0.2) is 79.3 Å². The smallest absolute Gasteiger partial charge is 0.273 e. The van der Waals surface area contributed by atoms with E-state index >= 15 is 0 Å². The number of aromatic nitrogens is 2. The highest BCUT2D eigenvalue weighted by molar-refractivity contribution is 7.91. The first kappa shape index (κ1) is 41.1. The number of nitrogens with one attached hydrogen (secondary N) is 2. The zero-order valence-corrected chi connectivity index (χ0v) is 36.5. The number of pyridine rings is 1. The quantitative estimate of drug-likeness (QED) is 0.0683. The minimum absolute atomic E-state index is 0.0659. The van der Waals surface area contributed by atoms with Crippen molar-refractivity contribution in [3.05, 3.63) is 99.4 Å². The van der Waals surface area contributed by atoms with Gasteiger partial charge in [0.2, 0.25) is 0 Å². The molecule has 1 unspecified atom stereocenters. The van der Waals surface area contributed by atoms with Gasteiger partial charge in [0.1, 0.15) is 17.5 Å². The van der Waals surface area contributed by atoms with Crippen molar-refractivity contribution in [3.63, 3.8) is 0 Å². The highest BCUT2D eigenvalue weighted by Crippen LogP contribution is 2.72. The van der Waals surface area contributed by atoms with Crippen molar-refractivity contribution in [1.29, 1.82) is 0 Å². The predicted octanol–water partition coefficient (Wildman–Crippen LogP) is 9.35. The summed E-state index contributed by atoms with van der Waals surface area (Å²) in [5.41, 5.74) is 7.71. The lowest BCUT2D eigenvalue weighted by molar-refractivity contribution is -0.385. The van der Waals surface area contributed by atoms with E-state index in [1.807, 2.05) is 24.3 Å². The Bertz CT molecular complexity index is 2340. The number of aromatic amines is 1. The van der Waals surface area contributed by atoms with E-state index in [0.717, 1.165) is 63.1 Å². The van der Waals surface area contributed by atoms with E-state index in [4.69, 9.17) is 4.74 Å². The third-order valence-electron chi connectivity index (χ3n) is 15.0. The second-order valence-corrected chi connectivity index (χ2v) is 21.7. The van der Waals surface area contributed by atoms with Crippen LogP contribution in [0.2, 0.25) is 0 Å². The summed E-state index contributed by atoms with van der Waals surface area (Å²) in [6, 6.07) is 16.2. The van der Waals surface area contributed by atoms with E-state index < -0.39 is 20.9 Å². The Kier molecular flexibility index (Phi) is 11.1. The fourth-order valence-electron chi connectivity index (χ4n) is 11.4. The van der Waals surface area contributed by atoms with E-state index in [1.165, 1.54) is 69.9 Å². The lowest BCUT2D eigenvalue weighted by atomic mass is 9.35. The molecular formula is C48H62N6O5S. The molecule has 4 saturated carbocycles. The first-order valence-corrected chi connectivity index (χ1v) is 24.0. The van der Waals surface area contributed by atoms with Gasteiger partial charge in [0, 0.05) is 67.2 Å². The van der Waals surface area contributed by atoms with Crippen molar-refractivity contribution in [2.24, 2.45) is 16.7 Å². The maximum Gasteiger partial charge on any atom is 0.273 e. The fourth-order valence-corrected chi connectivity index (χ4v) is 12.8. The van der Waals surface area contributed by atoms with Crippen molar-refractivity contribution in [1.82, 2.24) is 20.2 Å². The maximum absolute atomic E-state index is 14.2. The van der Waals surface area contributed by atoms with Gasteiger partial charge in [-0.25, -0.2) is 13.4 Å². The summed E-state index contributed by atoms with van der Waals surface area (Å²) in [5.74, 6) is 0.623. The number of hydrogen-bond donors (Lipinski definition) is 2. The van der Waals surface area contributed by atoms with Gasteiger partial charge in [-0.3, -0.25) is 15.0 Å². The number of piperazine rings is 1. The Morgan fingerprint density at radius 3 is 2.47 bits per heavy atom. The van der Waals surface area contributed by atoms with Gasteiger partial charge in [-0.2, -0.15) is 0 Å². The number of rotatable bonds is 15. The highest BCUT2D eigenvalue weighted by Gasteiger charge is 2.69. The van der Waals surface area contributed by atoms with Gasteiger partial charge in [0.25, 0.3) is 5.69 Å². The molecule has 2 aromatic heterocycles. The Morgan fingerprint density at radius 1 is 1.00 bits per heavy atom. The van der Waals surface area contributed by atoms with Gasteiger partial charge in [0.05, 0.1) is 21.8 Å². The molecule has 5 aliphatic carbocycles.